The fourth-order valence-electron chi connectivity index (χ4n) is 2.48. The minimum absolute atomic E-state index is 0.0168. The molecule has 5 heteroatoms. The summed E-state index contributed by atoms with van der Waals surface area (Å²) in [4.78, 5) is 12.5. The van der Waals surface area contributed by atoms with Gasteiger partial charge in [-0.25, -0.2) is 0 Å². The molecule has 0 aromatic carbocycles. The molecule has 1 aromatic heterocycles. The average Bonchev–Trinajstić information content (AvgIpc) is 2.82. The normalized spacial score (nSPS) is 18.2. The second-order valence-electron chi connectivity index (χ2n) is 4.86. The van der Waals surface area contributed by atoms with Crippen LogP contribution in [0, 0.1) is 0 Å². The van der Waals surface area contributed by atoms with Crippen LogP contribution in [-0.2, 0) is 11.2 Å². The molecule has 1 amide bonds. The van der Waals surface area contributed by atoms with Crippen molar-refractivity contribution in [2.24, 2.45) is 5.73 Å². The zero-order chi connectivity index (χ0) is 13.0. The van der Waals surface area contributed by atoms with Gasteiger partial charge < -0.3 is 11.1 Å². The Morgan fingerprint density at radius 3 is 2.72 bits per heavy atom. The first-order valence-electron chi connectivity index (χ1n) is 6.24. The number of amides is 1. The van der Waals surface area contributed by atoms with Gasteiger partial charge in [-0.15, -0.1) is 0 Å². The first kappa shape index (κ1) is 13.5. The second kappa shape index (κ2) is 5.80. The number of carbonyl (C=O) groups excluding carboxylic acids is 1. The van der Waals surface area contributed by atoms with Crippen LogP contribution in [0.4, 0.5) is 0 Å². The maximum atomic E-state index is 12.1. The van der Waals surface area contributed by atoms with E-state index in [2.05, 4.69) is 5.32 Å². The summed E-state index contributed by atoms with van der Waals surface area (Å²) in [6, 6.07) is 1.97. The van der Waals surface area contributed by atoms with E-state index in [9.17, 15) is 4.79 Å². The molecule has 3 N–H and O–H groups in total. The van der Waals surface area contributed by atoms with E-state index in [1.165, 1.54) is 6.42 Å². The van der Waals surface area contributed by atoms with Gasteiger partial charge in [-0.2, -0.15) is 11.3 Å². The maximum absolute atomic E-state index is 12.1. The number of thiocarbonyl (C=S) groups is 1. The van der Waals surface area contributed by atoms with Gasteiger partial charge in [0.1, 0.15) is 0 Å². The summed E-state index contributed by atoms with van der Waals surface area (Å²) in [7, 11) is 0. The van der Waals surface area contributed by atoms with Crippen LogP contribution >= 0.6 is 23.6 Å². The number of carbonyl (C=O) groups is 1. The minimum Gasteiger partial charge on any atom is -0.391 e. The molecular weight excluding hydrogens is 264 g/mol. The van der Waals surface area contributed by atoms with Gasteiger partial charge in [0.15, 0.2) is 0 Å². The van der Waals surface area contributed by atoms with E-state index >= 15 is 0 Å². The molecule has 2 rings (SSSR count). The summed E-state index contributed by atoms with van der Waals surface area (Å²) < 4.78 is 0. The third-order valence-electron chi connectivity index (χ3n) is 3.50. The van der Waals surface area contributed by atoms with Crippen LogP contribution in [0.1, 0.15) is 37.7 Å². The van der Waals surface area contributed by atoms with Crippen LogP contribution in [0.15, 0.2) is 16.8 Å². The molecule has 1 aromatic rings. The van der Waals surface area contributed by atoms with E-state index in [4.69, 9.17) is 18.0 Å². The predicted octanol–water partition coefficient (Wildman–Crippen LogP) is 2.40. The number of hydrogen-bond donors (Lipinski definition) is 2. The Labute approximate surface area is 117 Å². The lowest BCUT2D eigenvalue weighted by Gasteiger charge is -2.37. The van der Waals surface area contributed by atoms with Crippen molar-refractivity contribution in [3.05, 3.63) is 22.4 Å². The van der Waals surface area contributed by atoms with Crippen LogP contribution in [-0.4, -0.2) is 16.4 Å². The van der Waals surface area contributed by atoms with Crippen molar-refractivity contribution in [1.82, 2.24) is 5.32 Å². The zero-order valence-electron chi connectivity index (χ0n) is 10.3. The van der Waals surface area contributed by atoms with E-state index in [0.717, 1.165) is 31.2 Å². The highest BCUT2D eigenvalue weighted by Gasteiger charge is 2.36. The Morgan fingerprint density at radius 2 is 2.17 bits per heavy atom. The maximum Gasteiger partial charge on any atom is 0.225 e. The molecule has 1 aliphatic carbocycles. The van der Waals surface area contributed by atoms with Gasteiger partial charge in [0.25, 0.3) is 0 Å². The first-order valence-corrected chi connectivity index (χ1v) is 7.59. The smallest absolute Gasteiger partial charge is 0.225 e. The Kier molecular flexibility index (Phi) is 4.35. The number of thiophene rings is 1. The predicted molar refractivity (Wildman–Crippen MR) is 78.8 cm³/mol. The fourth-order valence-corrected chi connectivity index (χ4v) is 3.40. The number of hydrogen-bond acceptors (Lipinski definition) is 3. The minimum atomic E-state index is -0.444. The van der Waals surface area contributed by atoms with Gasteiger partial charge in [-0.05, 0) is 35.2 Å². The summed E-state index contributed by atoms with van der Waals surface area (Å²) in [6.07, 6.45) is 5.51. The van der Waals surface area contributed by atoms with Crippen LogP contribution in [0.2, 0.25) is 0 Å². The SMILES string of the molecule is NC(=S)C1(NC(=O)Cc2ccsc2)CCCCC1. The number of nitrogens with two attached hydrogens (primary N) is 1. The molecule has 1 saturated carbocycles. The number of rotatable bonds is 4. The third-order valence-corrected chi connectivity index (χ3v) is 4.63. The van der Waals surface area contributed by atoms with Gasteiger partial charge in [-0.3, -0.25) is 4.79 Å². The molecule has 1 heterocycles. The largest absolute Gasteiger partial charge is 0.391 e. The lowest BCUT2D eigenvalue weighted by molar-refractivity contribution is -0.121. The zero-order valence-corrected chi connectivity index (χ0v) is 11.9. The van der Waals surface area contributed by atoms with Crippen molar-refractivity contribution >= 4 is 34.5 Å². The summed E-state index contributed by atoms with van der Waals surface area (Å²) >= 11 is 6.76. The van der Waals surface area contributed by atoms with Gasteiger partial charge >= 0.3 is 0 Å². The third kappa shape index (κ3) is 3.09. The molecule has 0 radical (unpaired) electrons. The van der Waals surface area contributed by atoms with Crippen molar-refractivity contribution < 1.29 is 4.79 Å². The van der Waals surface area contributed by atoms with E-state index in [1.54, 1.807) is 11.3 Å². The molecule has 0 spiro atoms. The van der Waals surface area contributed by atoms with Crippen molar-refractivity contribution in [2.45, 2.75) is 44.1 Å². The summed E-state index contributed by atoms with van der Waals surface area (Å²) in [5.41, 5.74) is 6.45. The van der Waals surface area contributed by atoms with Crippen molar-refractivity contribution in [1.29, 1.82) is 0 Å². The fraction of sp³-hybridized carbons (Fsp3) is 0.538. The van der Waals surface area contributed by atoms with Crippen LogP contribution in [0.5, 0.6) is 0 Å². The molecular formula is C13H18N2OS2. The monoisotopic (exact) mass is 282 g/mol. The topological polar surface area (TPSA) is 55.1 Å². The quantitative estimate of drug-likeness (QED) is 0.834. The lowest BCUT2D eigenvalue weighted by Crippen LogP contribution is -2.58. The Bertz CT molecular complexity index is 422. The average molecular weight is 282 g/mol. The molecule has 0 saturated heterocycles. The Balaban J connectivity index is 2.00. The molecule has 0 unspecified atom stereocenters. The summed E-state index contributed by atoms with van der Waals surface area (Å²) in [6.45, 7) is 0. The molecule has 1 aliphatic rings. The molecule has 0 bridgehead atoms. The number of nitrogens with one attached hydrogen (secondary N) is 1. The highest BCUT2D eigenvalue weighted by Crippen LogP contribution is 2.28. The van der Waals surface area contributed by atoms with Gasteiger partial charge in [0.2, 0.25) is 5.91 Å². The molecule has 3 nitrogen and oxygen atoms in total. The van der Waals surface area contributed by atoms with E-state index in [-0.39, 0.29) is 5.91 Å². The van der Waals surface area contributed by atoms with Gasteiger partial charge in [-0.1, -0.05) is 31.5 Å². The highest BCUT2D eigenvalue weighted by molar-refractivity contribution is 7.80. The van der Waals surface area contributed by atoms with E-state index in [1.807, 2.05) is 16.8 Å². The highest BCUT2D eigenvalue weighted by atomic mass is 32.1. The molecule has 18 heavy (non-hydrogen) atoms. The Morgan fingerprint density at radius 1 is 1.44 bits per heavy atom. The molecule has 0 atom stereocenters. The standard InChI is InChI=1S/C13H18N2OS2/c14-12(17)13(5-2-1-3-6-13)15-11(16)8-10-4-7-18-9-10/h4,7,9H,1-3,5-6,8H2,(H2,14,17)(H,15,16). The molecule has 0 aliphatic heterocycles. The van der Waals surface area contributed by atoms with E-state index < -0.39 is 5.54 Å². The lowest BCUT2D eigenvalue weighted by atomic mass is 9.81. The summed E-state index contributed by atoms with van der Waals surface area (Å²) in [5.74, 6) is 0.0168. The van der Waals surface area contributed by atoms with Crippen molar-refractivity contribution in [3.63, 3.8) is 0 Å². The van der Waals surface area contributed by atoms with Crippen LogP contribution in [0.3, 0.4) is 0 Å². The van der Waals surface area contributed by atoms with Crippen molar-refractivity contribution in [2.75, 3.05) is 0 Å². The van der Waals surface area contributed by atoms with E-state index in [0.29, 0.717) is 11.4 Å². The van der Waals surface area contributed by atoms with Crippen LogP contribution < -0.4 is 11.1 Å². The van der Waals surface area contributed by atoms with Crippen molar-refractivity contribution in [3.8, 4) is 0 Å². The summed E-state index contributed by atoms with van der Waals surface area (Å²) in [5, 5.41) is 7.04. The van der Waals surface area contributed by atoms with Crippen LogP contribution in [0.25, 0.3) is 0 Å². The van der Waals surface area contributed by atoms with Gasteiger partial charge in [0, 0.05) is 0 Å². The first-order chi connectivity index (χ1) is 8.62. The Hall–Kier alpha value is -0.940. The molecule has 1 fully saturated rings. The molecule has 98 valence electrons. The second-order valence-corrected chi connectivity index (χ2v) is 6.08. The van der Waals surface area contributed by atoms with Gasteiger partial charge in [0.05, 0.1) is 16.9 Å².